The lowest BCUT2D eigenvalue weighted by Crippen LogP contribution is -2.29. The summed E-state index contributed by atoms with van der Waals surface area (Å²) < 4.78 is 4.93. The van der Waals surface area contributed by atoms with Crippen molar-refractivity contribution in [1.29, 1.82) is 0 Å². The minimum atomic E-state index is -0.107. The molecular weight excluding hydrogens is 220 g/mol. The third-order valence-electron chi connectivity index (χ3n) is 2.34. The molecule has 1 aromatic heterocycles. The molecule has 3 N–H and O–H groups in total. The fraction of sp³-hybridized carbons (Fsp3) is 0.455. The molecule has 1 aromatic rings. The molecular formula is C11H18N4O2. The quantitative estimate of drug-likeness (QED) is 0.428. The molecule has 1 rings (SSSR count). The van der Waals surface area contributed by atoms with Crippen LogP contribution in [0.25, 0.3) is 0 Å². The van der Waals surface area contributed by atoms with Crippen LogP contribution in [0.3, 0.4) is 0 Å². The van der Waals surface area contributed by atoms with Crippen LogP contribution in [-0.2, 0) is 4.74 Å². The van der Waals surface area contributed by atoms with E-state index in [1.54, 1.807) is 31.2 Å². The van der Waals surface area contributed by atoms with Gasteiger partial charge in [0.2, 0.25) is 0 Å². The highest BCUT2D eigenvalue weighted by Gasteiger charge is 2.12. The Labute approximate surface area is 101 Å². The lowest BCUT2D eigenvalue weighted by atomic mass is 10.3. The van der Waals surface area contributed by atoms with E-state index in [2.05, 4.69) is 10.4 Å². The van der Waals surface area contributed by atoms with Crippen molar-refractivity contribution in [1.82, 2.24) is 9.88 Å². The van der Waals surface area contributed by atoms with E-state index in [4.69, 9.17) is 10.6 Å². The van der Waals surface area contributed by atoms with E-state index in [1.807, 2.05) is 0 Å². The van der Waals surface area contributed by atoms with Gasteiger partial charge in [-0.15, -0.1) is 0 Å². The molecule has 0 saturated carbocycles. The molecule has 0 aliphatic rings. The van der Waals surface area contributed by atoms with Gasteiger partial charge in [0, 0.05) is 27.3 Å². The normalized spacial score (nSPS) is 10.1. The number of nitrogens with two attached hydrogens (primary N) is 1. The van der Waals surface area contributed by atoms with Gasteiger partial charge in [-0.25, -0.2) is 4.98 Å². The third-order valence-corrected chi connectivity index (χ3v) is 2.34. The number of hydrogen-bond acceptors (Lipinski definition) is 5. The van der Waals surface area contributed by atoms with Gasteiger partial charge in [-0.2, -0.15) is 0 Å². The van der Waals surface area contributed by atoms with Gasteiger partial charge >= 0.3 is 0 Å². The Bertz CT molecular complexity index is 353. The van der Waals surface area contributed by atoms with E-state index in [1.165, 1.54) is 6.20 Å². The van der Waals surface area contributed by atoms with E-state index in [9.17, 15) is 4.79 Å². The molecule has 0 aliphatic heterocycles. The molecule has 0 spiro atoms. The maximum Gasteiger partial charge on any atom is 0.272 e. The van der Waals surface area contributed by atoms with E-state index in [-0.39, 0.29) is 5.91 Å². The Balaban J connectivity index is 2.55. The molecule has 6 heteroatoms. The fourth-order valence-corrected chi connectivity index (χ4v) is 1.35. The Morgan fingerprint density at radius 2 is 2.35 bits per heavy atom. The summed E-state index contributed by atoms with van der Waals surface area (Å²) in [6.07, 6.45) is 2.33. The summed E-state index contributed by atoms with van der Waals surface area (Å²) in [5.74, 6) is 5.11. The number of rotatable bonds is 6. The van der Waals surface area contributed by atoms with Gasteiger partial charge in [0.25, 0.3) is 5.91 Å². The van der Waals surface area contributed by atoms with E-state index in [0.717, 1.165) is 6.42 Å². The van der Waals surface area contributed by atoms with Crippen LogP contribution >= 0.6 is 0 Å². The van der Waals surface area contributed by atoms with Gasteiger partial charge in [0.15, 0.2) is 0 Å². The topological polar surface area (TPSA) is 80.5 Å². The third kappa shape index (κ3) is 4.01. The highest BCUT2D eigenvalue weighted by molar-refractivity contribution is 5.92. The number of amides is 1. The van der Waals surface area contributed by atoms with E-state index in [0.29, 0.717) is 24.5 Å². The number of anilines is 1. The van der Waals surface area contributed by atoms with Crippen molar-refractivity contribution in [3.63, 3.8) is 0 Å². The van der Waals surface area contributed by atoms with Crippen molar-refractivity contribution < 1.29 is 9.53 Å². The van der Waals surface area contributed by atoms with Crippen LogP contribution in [-0.4, -0.2) is 43.1 Å². The van der Waals surface area contributed by atoms with E-state index >= 15 is 0 Å². The molecule has 17 heavy (non-hydrogen) atoms. The minimum absolute atomic E-state index is 0.107. The summed E-state index contributed by atoms with van der Waals surface area (Å²) in [5.41, 5.74) is 3.54. The number of aromatic nitrogens is 1. The average Bonchev–Trinajstić information content (AvgIpc) is 2.38. The molecule has 1 heterocycles. The first-order valence-electron chi connectivity index (χ1n) is 5.36. The first kappa shape index (κ1) is 13.4. The Kier molecular flexibility index (Phi) is 5.38. The summed E-state index contributed by atoms with van der Waals surface area (Å²) >= 11 is 0. The molecule has 1 amide bonds. The molecule has 6 nitrogen and oxygen atoms in total. The van der Waals surface area contributed by atoms with Crippen LogP contribution < -0.4 is 11.3 Å². The van der Waals surface area contributed by atoms with Crippen molar-refractivity contribution in [2.75, 3.05) is 32.7 Å². The smallest absolute Gasteiger partial charge is 0.272 e. The average molecular weight is 238 g/mol. The molecule has 0 atom stereocenters. The monoisotopic (exact) mass is 238 g/mol. The number of hydrogen-bond donors (Lipinski definition) is 2. The lowest BCUT2D eigenvalue weighted by molar-refractivity contribution is 0.0773. The summed E-state index contributed by atoms with van der Waals surface area (Å²) in [6.45, 7) is 1.28. The molecule has 0 aromatic carbocycles. The van der Waals surface area contributed by atoms with Crippen LogP contribution in [0.15, 0.2) is 18.3 Å². The second-order valence-electron chi connectivity index (χ2n) is 3.65. The number of ether oxygens (including phenoxy) is 1. The summed E-state index contributed by atoms with van der Waals surface area (Å²) in [4.78, 5) is 17.6. The van der Waals surface area contributed by atoms with Crippen molar-refractivity contribution in [2.45, 2.75) is 6.42 Å². The number of nitrogen functional groups attached to an aromatic ring is 1. The van der Waals surface area contributed by atoms with Crippen LogP contribution in [0, 0.1) is 0 Å². The number of nitrogens with zero attached hydrogens (tertiary/aromatic N) is 2. The van der Waals surface area contributed by atoms with Crippen molar-refractivity contribution >= 4 is 11.6 Å². The van der Waals surface area contributed by atoms with Gasteiger partial charge in [-0.05, 0) is 18.6 Å². The van der Waals surface area contributed by atoms with E-state index < -0.39 is 0 Å². The standard InChI is InChI=1S/C11H18N4O2/c1-15(6-3-7-17-2)11(16)10-5-4-9(14-12)8-13-10/h4-5,8,14H,3,6-7,12H2,1-2H3. The number of pyridine rings is 1. The molecule has 94 valence electrons. The fourth-order valence-electron chi connectivity index (χ4n) is 1.35. The van der Waals surface area contributed by atoms with Gasteiger partial charge in [0.05, 0.1) is 11.9 Å². The molecule has 0 bridgehead atoms. The molecule has 0 fully saturated rings. The number of hydrazine groups is 1. The maximum atomic E-state index is 11.9. The maximum absolute atomic E-state index is 11.9. The number of carbonyl (C=O) groups is 1. The van der Waals surface area contributed by atoms with Gasteiger partial charge < -0.3 is 15.1 Å². The predicted octanol–water partition coefficient (Wildman–Crippen LogP) is 0.476. The first-order chi connectivity index (χ1) is 8.19. The first-order valence-corrected chi connectivity index (χ1v) is 5.36. The zero-order valence-corrected chi connectivity index (χ0v) is 10.1. The Morgan fingerprint density at radius 3 is 2.88 bits per heavy atom. The predicted molar refractivity (Wildman–Crippen MR) is 65.5 cm³/mol. The summed E-state index contributed by atoms with van der Waals surface area (Å²) in [6, 6.07) is 3.35. The SMILES string of the molecule is COCCCN(C)C(=O)c1ccc(NN)cn1. The highest BCUT2D eigenvalue weighted by atomic mass is 16.5. The largest absolute Gasteiger partial charge is 0.385 e. The van der Waals surface area contributed by atoms with Crippen LogP contribution in [0.2, 0.25) is 0 Å². The van der Waals surface area contributed by atoms with Crippen LogP contribution in [0.1, 0.15) is 16.9 Å². The second kappa shape index (κ2) is 6.82. The molecule has 0 saturated heterocycles. The van der Waals surface area contributed by atoms with Crippen LogP contribution in [0.5, 0.6) is 0 Å². The number of carbonyl (C=O) groups excluding carboxylic acids is 1. The summed E-state index contributed by atoms with van der Waals surface area (Å²) in [7, 11) is 3.39. The van der Waals surface area contributed by atoms with Crippen molar-refractivity contribution in [2.24, 2.45) is 5.84 Å². The van der Waals surface area contributed by atoms with Gasteiger partial charge in [-0.1, -0.05) is 0 Å². The van der Waals surface area contributed by atoms with Crippen molar-refractivity contribution in [3.8, 4) is 0 Å². The Morgan fingerprint density at radius 1 is 1.59 bits per heavy atom. The zero-order valence-electron chi connectivity index (χ0n) is 10.1. The molecule has 0 unspecified atom stereocenters. The van der Waals surface area contributed by atoms with Gasteiger partial charge in [0.1, 0.15) is 5.69 Å². The van der Waals surface area contributed by atoms with Crippen molar-refractivity contribution in [3.05, 3.63) is 24.0 Å². The van der Waals surface area contributed by atoms with Crippen LogP contribution in [0.4, 0.5) is 5.69 Å². The number of nitrogens with one attached hydrogen (secondary N) is 1. The molecule has 0 aliphatic carbocycles. The lowest BCUT2D eigenvalue weighted by Gasteiger charge is -2.16. The summed E-state index contributed by atoms with van der Waals surface area (Å²) in [5, 5.41) is 0. The number of methoxy groups -OCH3 is 1. The second-order valence-corrected chi connectivity index (χ2v) is 3.65. The molecule has 0 radical (unpaired) electrons. The zero-order chi connectivity index (χ0) is 12.7. The Hall–Kier alpha value is -1.66. The minimum Gasteiger partial charge on any atom is -0.385 e. The van der Waals surface area contributed by atoms with Gasteiger partial charge in [-0.3, -0.25) is 10.6 Å². The highest BCUT2D eigenvalue weighted by Crippen LogP contribution is 2.06.